The molecule has 18 heavy (non-hydrogen) atoms. The number of carbonyl (C=O) groups is 1. The van der Waals surface area contributed by atoms with E-state index in [9.17, 15) is 4.79 Å². The first-order valence-electron chi connectivity index (χ1n) is 6.08. The standard InChI is InChI=1S/C12H17N5O/c1-2-17-11(5-8-15-17)12(18)13-6-3-9-16-10-4-7-14-16/h4-5,7-8,10H,2-3,6,9H2,1H3,(H,13,18). The highest BCUT2D eigenvalue weighted by Crippen LogP contribution is 1.98. The Bertz CT molecular complexity index is 488. The predicted molar refractivity (Wildman–Crippen MR) is 67.1 cm³/mol. The molecule has 0 unspecified atom stereocenters. The Morgan fingerprint density at radius 1 is 1.39 bits per heavy atom. The SMILES string of the molecule is CCn1nccc1C(=O)NCCCn1cccn1. The third-order valence-corrected chi connectivity index (χ3v) is 2.66. The summed E-state index contributed by atoms with van der Waals surface area (Å²) in [7, 11) is 0. The van der Waals surface area contributed by atoms with E-state index < -0.39 is 0 Å². The molecule has 0 aliphatic heterocycles. The van der Waals surface area contributed by atoms with Gasteiger partial charge in [-0.1, -0.05) is 0 Å². The van der Waals surface area contributed by atoms with Crippen molar-refractivity contribution in [3.63, 3.8) is 0 Å². The first-order chi connectivity index (χ1) is 8.81. The van der Waals surface area contributed by atoms with Crippen molar-refractivity contribution < 1.29 is 4.79 Å². The summed E-state index contributed by atoms with van der Waals surface area (Å²) in [6.07, 6.45) is 6.15. The maximum atomic E-state index is 11.9. The molecule has 6 nitrogen and oxygen atoms in total. The number of nitrogens with one attached hydrogen (secondary N) is 1. The fourth-order valence-corrected chi connectivity index (χ4v) is 1.74. The summed E-state index contributed by atoms with van der Waals surface area (Å²) in [5.41, 5.74) is 0.608. The minimum atomic E-state index is -0.0742. The van der Waals surface area contributed by atoms with Gasteiger partial charge in [-0.15, -0.1) is 0 Å². The fraction of sp³-hybridized carbons (Fsp3) is 0.417. The Kier molecular flexibility index (Phi) is 4.11. The van der Waals surface area contributed by atoms with Crippen molar-refractivity contribution in [3.8, 4) is 0 Å². The average Bonchev–Trinajstić information content (AvgIpc) is 3.04. The molecule has 0 aliphatic carbocycles. The third-order valence-electron chi connectivity index (χ3n) is 2.66. The molecule has 0 bridgehead atoms. The number of rotatable bonds is 6. The molecule has 2 rings (SSSR count). The molecule has 1 amide bonds. The van der Waals surface area contributed by atoms with E-state index >= 15 is 0 Å². The van der Waals surface area contributed by atoms with Gasteiger partial charge in [-0.3, -0.25) is 14.2 Å². The maximum absolute atomic E-state index is 11.9. The van der Waals surface area contributed by atoms with Gasteiger partial charge in [0.15, 0.2) is 0 Å². The van der Waals surface area contributed by atoms with E-state index in [2.05, 4.69) is 15.5 Å². The van der Waals surface area contributed by atoms with Crippen LogP contribution < -0.4 is 5.32 Å². The molecular formula is C12H17N5O. The zero-order valence-corrected chi connectivity index (χ0v) is 10.4. The minimum absolute atomic E-state index is 0.0742. The lowest BCUT2D eigenvalue weighted by atomic mass is 10.3. The molecule has 0 aliphatic rings. The lowest BCUT2D eigenvalue weighted by Crippen LogP contribution is -2.27. The van der Waals surface area contributed by atoms with Crippen molar-refractivity contribution >= 4 is 5.91 Å². The summed E-state index contributed by atoms with van der Waals surface area (Å²) in [6.45, 7) is 4.10. The van der Waals surface area contributed by atoms with Crippen LogP contribution in [0.3, 0.4) is 0 Å². The van der Waals surface area contributed by atoms with Crippen molar-refractivity contribution in [2.45, 2.75) is 26.4 Å². The Hall–Kier alpha value is -2.11. The van der Waals surface area contributed by atoms with Crippen molar-refractivity contribution in [1.82, 2.24) is 24.9 Å². The van der Waals surface area contributed by atoms with Crippen LogP contribution in [0, 0.1) is 0 Å². The van der Waals surface area contributed by atoms with Crippen LogP contribution in [-0.4, -0.2) is 32.0 Å². The smallest absolute Gasteiger partial charge is 0.269 e. The Labute approximate surface area is 106 Å². The minimum Gasteiger partial charge on any atom is -0.351 e. The lowest BCUT2D eigenvalue weighted by Gasteiger charge is -2.06. The zero-order chi connectivity index (χ0) is 12.8. The second kappa shape index (κ2) is 6.00. The molecule has 0 spiro atoms. The van der Waals surface area contributed by atoms with Gasteiger partial charge in [0.05, 0.1) is 0 Å². The summed E-state index contributed by atoms with van der Waals surface area (Å²) in [5.74, 6) is -0.0742. The van der Waals surface area contributed by atoms with E-state index in [0.717, 1.165) is 13.0 Å². The molecule has 2 heterocycles. The second-order valence-corrected chi connectivity index (χ2v) is 3.91. The van der Waals surface area contributed by atoms with E-state index in [4.69, 9.17) is 0 Å². The highest BCUT2D eigenvalue weighted by Gasteiger charge is 2.09. The first kappa shape index (κ1) is 12.3. The topological polar surface area (TPSA) is 64.7 Å². The molecule has 96 valence electrons. The van der Waals surface area contributed by atoms with Gasteiger partial charge in [-0.05, 0) is 25.5 Å². The number of aryl methyl sites for hydroxylation is 2. The van der Waals surface area contributed by atoms with Crippen LogP contribution in [0.4, 0.5) is 0 Å². The van der Waals surface area contributed by atoms with E-state index in [1.807, 2.05) is 23.9 Å². The Morgan fingerprint density at radius 3 is 3.00 bits per heavy atom. The predicted octanol–water partition coefficient (Wildman–Crippen LogP) is 0.920. The van der Waals surface area contributed by atoms with E-state index in [0.29, 0.717) is 18.8 Å². The number of nitrogens with zero attached hydrogens (tertiary/aromatic N) is 4. The van der Waals surface area contributed by atoms with Gasteiger partial charge in [0.25, 0.3) is 5.91 Å². The number of hydrogen-bond donors (Lipinski definition) is 1. The molecule has 0 radical (unpaired) electrons. The van der Waals surface area contributed by atoms with Gasteiger partial charge in [0.2, 0.25) is 0 Å². The Morgan fingerprint density at radius 2 is 2.28 bits per heavy atom. The van der Waals surface area contributed by atoms with Gasteiger partial charge < -0.3 is 5.32 Å². The Balaban J connectivity index is 1.75. The van der Waals surface area contributed by atoms with Gasteiger partial charge in [-0.25, -0.2) is 0 Å². The molecule has 0 fully saturated rings. The first-order valence-corrected chi connectivity index (χ1v) is 6.08. The monoisotopic (exact) mass is 247 g/mol. The van der Waals surface area contributed by atoms with Crippen molar-refractivity contribution in [1.29, 1.82) is 0 Å². The summed E-state index contributed by atoms with van der Waals surface area (Å²) in [4.78, 5) is 11.9. The average molecular weight is 247 g/mol. The van der Waals surface area contributed by atoms with Crippen LogP contribution in [0.2, 0.25) is 0 Å². The van der Waals surface area contributed by atoms with Gasteiger partial charge in [0.1, 0.15) is 5.69 Å². The molecular weight excluding hydrogens is 230 g/mol. The van der Waals surface area contributed by atoms with Crippen LogP contribution >= 0.6 is 0 Å². The number of hydrogen-bond acceptors (Lipinski definition) is 3. The van der Waals surface area contributed by atoms with Crippen molar-refractivity contribution in [2.24, 2.45) is 0 Å². The summed E-state index contributed by atoms with van der Waals surface area (Å²) < 4.78 is 3.53. The number of amides is 1. The highest BCUT2D eigenvalue weighted by molar-refractivity contribution is 5.92. The summed E-state index contributed by atoms with van der Waals surface area (Å²) in [5, 5.41) is 11.0. The van der Waals surface area contributed by atoms with Crippen LogP contribution in [0.5, 0.6) is 0 Å². The van der Waals surface area contributed by atoms with Gasteiger partial charge >= 0.3 is 0 Å². The van der Waals surface area contributed by atoms with Crippen LogP contribution in [0.15, 0.2) is 30.7 Å². The quantitative estimate of drug-likeness (QED) is 0.772. The highest BCUT2D eigenvalue weighted by atomic mass is 16.2. The van der Waals surface area contributed by atoms with E-state index in [1.165, 1.54) is 0 Å². The van der Waals surface area contributed by atoms with E-state index in [-0.39, 0.29) is 5.91 Å². The molecule has 0 atom stereocenters. The second-order valence-electron chi connectivity index (χ2n) is 3.91. The normalized spacial score (nSPS) is 10.5. The molecule has 2 aromatic rings. The van der Waals surface area contributed by atoms with Gasteiger partial charge in [-0.2, -0.15) is 10.2 Å². The van der Waals surface area contributed by atoms with E-state index in [1.54, 1.807) is 23.1 Å². The maximum Gasteiger partial charge on any atom is 0.269 e. The lowest BCUT2D eigenvalue weighted by molar-refractivity contribution is 0.0942. The zero-order valence-electron chi connectivity index (χ0n) is 10.4. The largest absolute Gasteiger partial charge is 0.351 e. The number of aromatic nitrogens is 4. The molecule has 0 saturated heterocycles. The molecule has 2 aromatic heterocycles. The van der Waals surface area contributed by atoms with Crippen molar-refractivity contribution in [3.05, 3.63) is 36.4 Å². The number of carbonyl (C=O) groups excluding carboxylic acids is 1. The van der Waals surface area contributed by atoms with Crippen LogP contribution in [0.1, 0.15) is 23.8 Å². The summed E-state index contributed by atoms with van der Waals surface area (Å²) >= 11 is 0. The van der Waals surface area contributed by atoms with Crippen molar-refractivity contribution in [2.75, 3.05) is 6.54 Å². The van der Waals surface area contributed by atoms with Crippen LogP contribution in [-0.2, 0) is 13.1 Å². The summed E-state index contributed by atoms with van der Waals surface area (Å²) in [6, 6.07) is 3.62. The molecule has 6 heteroatoms. The molecule has 1 N–H and O–H groups in total. The molecule has 0 aromatic carbocycles. The fourth-order valence-electron chi connectivity index (χ4n) is 1.74. The van der Waals surface area contributed by atoms with Crippen LogP contribution in [0.25, 0.3) is 0 Å². The molecule has 0 saturated carbocycles. The third kappa shape index (κ3) is 2.97. The van der Waals surface area contributed by atoms with Gasteiger partial charge in [0, 0.05) is 38.2 Å².